The van der Waals surface area contributed by atoms with E-state index >= 15 is 0 Å². The first-order valence-electron chi connectivity index (χ1n) is 5.95. The molecule has 0 bridgehead atoms. The Morgan fingerprint density at radius 2 is 2.29 bits per heavy atom. The fourth-order valence-corrected chi connectivity index (χ4v) is 2.19. The molecule has 0 spiro atoms. The number of carbonyl (C=O) groups excluding carboxylic acids is 1. The topological polar surface area (TPSA) is 75.4 Å². The van der Waals surface area contributed by atoms with E-state index < -0.39 is 12.1 Å². The molecule has 92 valence electrons. The lowest BCUT2D eigenvalue weighted by molar-refractivity contribution is -0.123. The van der Waals surface area contributed by atoms with E-state index in [1.807, 2.05) is 31.2 Å². The van der Waals surface area contributed by atoms with Crippen LogP contribution in [0, 0.1) is 0 Å². The Balaban J connectivity index is 2.14. The van der Waals surface area contributed by atoms with Gasteiger partial charge in [-0.3, -0.25) is 4.79 Å². The molecule has 1 aromatic rings. The average molecular weight is 234 g/mol. The van der Waals surface area contributed by atoms with E-state index in [1.54, 1.807) is 0 Å². The number of hydrogen-bond donors (Lipinski definition) is 3. The van der Waals surface area contributed by atoms with Crippen LogP contribution in [-0.2, 0) is 11.2 Å². The minimum absolute atomic E-state index is 0.201. The molecule has 0 fully saturated rings. The summed E-state index contributed by atoms with van der Waals surface area (Å²) in [6, 6.07) is 6.94. The summed E-state index contributed by atoms with van der Waals surface area (Å²) in [5.74, 6) is -0.201. The summed E-state index contributed by atoms with van der Waals surface area (Å²) in [6.07, 6.45) is 0.624. The summed E-state index contributed by atoms with van der Waals surface area (Å²) in [5.41, 5.74) is 7.76. The Morgan fingerprint density at radius 3 is 3.00 bits per heavy atom. The maximum Gasteiger partial charge on any atom is 0.237 e. The van der Waals surface area contributed by atoms with Crippen molar-refractivity contribution >= 4 is 5.91 Å². The molecule has 2 rings (SSSR count). The highest BCUT2D eigenvalue weighted by Crippen LogP contribution is 2.31. The zero-order chi connectivity index (χ0) is 12.4. The molecular formula is C13H18N2O2. The third-order valence-electron chi connectivity index (χ3n) is 3.28. The maximum atomic E-state index is 11.7. The molecule has 4 N–H and O–H groups in total. The minimum atomic E-state index is -0.555. The van der Waals surface area contributed by atoms with Gasteiger partial charge in [-0.1, -0.05) is 31.2 Å². The van der Waals surface area contributed by atoms with Crippen molar-refractivity contribution in [3.8, 4) is 0 Å². The number of nitrogens with two attached hydrogens (primary N) is 1. The molecule has 0 aliphatic heterocycles. The third kappa shape index (κ3) is 2.33. The molecule has 3 atom stereocenters. The van der Waals surface area contributed by atoms with Crippen molar-refractivity contribution < 1.29 is 9.90 Å². The molecule has 4 nitrogen and oxygen atoms in total. The molecule has 17 heavy (non-hydrogen) atoms. The lowest BCUT2D eigenvalue weighted by Gasteiger charge is -2.20. The highest BCUT2D eigenvalue weighted by Gasteiger charge is 2.32. The van der Waals surface area contributed by atoms with Crippen LogP contribution in [0.1, 0.15) is 30.5 Å². The molecule has 1 aromatic carbocycles. The number of aliphatic hydroxyl groups excluding tert-OH is 1. The van der Waals surface area contributed by atoms with Crippen molar-refractivity contribution in [1.29, 1.82) is 0 Å². The van der Waals surface area contributed by atoms with E-state index in [0.29, 0.717) is 12.8 Å². The number of nitrogens with one attached hydrogen (secondary N) is 1. The highest BCUT2D eigenvalue weighted by molar-refractivity contribution is 5.82. The van der Waals surface area contributed by atoms with Crippen molar-refractivity contribution in [3.05, 3.63) is 35.4 Å². The Kier molecular flexibility index (Phi) is 3.45. The SMILES string of the molecule is CC[C@H](N)C(=O)N[C@@H]1c2ccccc2C[C@@H]1O. The number of benzene rings is 1. The van der Waals surface area contributed by atoms with Gasteiger partial charge in [-0.25, -0.2) is 0 Å². The number of carbonyl (C=O) groups is 1. The van der Waals surface area contributed by atoms with E-state index in [2.05, 4.69) is 5.32 Å². The number of hydrogen-bond acceptors (Lipinski definition) is 3. The van der Waals surface area contributed by atoms with Gasteiger partial charge in [-0.05, 0) is 17.5 Å². The second-order valence-corrected chi connectivity index (χ2v) is 4.47. The van der Waals surface area contributed by atoms with Gasteiger partial charge in [0.25, 0.3) is 0 Å². The predicted octanol–water partition coefficient (Wildman–Crippen LogP) is 0.498. The normalized spacial score (nSPS) is 24.2. The van der Waals surface area contributed by atoms with E-state index in [1.165, 1.54) is 0 Å². The minimum Gasteiger partial charge on any atom is -0.390 e. The lowest BCUT2D eigenvalue weighted by Crippen LogP contribution is -2.43. The zero-order valence-corrected chi connectivity index (χ0v) is 9.89. The van der Waals surface area contributed by atoms with Crippen LogP contribution in [0.3, 0.4) is 0 Å². The number of rotatable bonds is 3. The molecule has 1 amide bonds. The molecule has 0 saturated carbocycles. The Morgan fingerprint density at radius 1 is 1.59 bits per heavy atom. The first kappa shape index (κ1) is 12.1. The smallest absolute Gasteiger partial charge is 0.237 e. The van der Waals surface area contributed by atoms with Gasteiger partial charge < -0.3 is 16.2 Å². The van der Waals surface area contributed by atoms with Gasteiger partial charge in [0.1, 0.15) is 0 Å². The molecule has 0 aromatic heterocycles. The monoisotopic (exact) mass is 234 g/mol. The van der Waals surface area contributed by atoms with Crippen LogP contribution >= 0.6 is 0 Å². The van der Waals surface area contributed by atoms with Gasteiger partial charge in [0.15, 0.2) is 0 Å². The van der Waals surface area contributed by atoms with E-state index in [-0.39, 0.29) is 11.9 Å². The zero-order valence-electron chi connectivity index (χ0n) is 9.89. The van der Waals surface area contributed by atoms with Gasteiger partial charge in [-0.15, -0.1) is 0 Å². The van der Waals surface area contributed by atoms with Crippen LogP contribution in [0.5, 0.6) is 0 Å². The van der Waals surface area contributed by atoms with E-state index in [4.69, 9.17) is 5.73 Å². The standard InChI is InChI=1S/C13H18N2O2/c1-2-10(14)13(17)15-12-9-6-4-3-5-8(9)7-11(12)16/h3-6,10-12,16H,2,7,14H2,1H3,(H,15,17)/t10-,11-,12+/m0/s1. The fraction of sp³-hybridized carbons (Fsp3) is 0.462. The molecule has 4 heteroatoms. The summed E-state index contributed by atoms with van der Waals surface area (Å²) < 4.78 is 0. The van der Waals surface area contributed by atoms with E-state index in [0.717, 1.165) is 11.1 Å². The van der Waals surface area contributed by atoms with Crippen LogP contribution in [0.4, 0.5) is 0 Å². The quantitative estimate of drug-likeness (QED) is 0.713. The second kappa shape index (κ2) is 4.85. The lowest BCUT2D eigenvalue weighted by atomic mass is 10.1. The molecule has 0 heterocycles. The van der Waals surface area contributed by atoms with Crippen molar-refractivity contribution in [2.75, 3.05) is 0 Å². The Labute approximate surface area is 101 Å². The molecule has 1 aliphatic rings. The van der Waals surface area contributed by atoms with Crippen LogP contribution < -0.4 is 11.1 Å². The number of fused-ring (bicyclic) bond motifs is 1. The van der Waals surface area contributed by atoms with Gasteiger partial charge in [-0.2, -0.15) is 0 Å². The van der Waals surface area contributed by atoms with Crippen LogP contribution in [0.2, 0.25) is 0 Å². The molecule has 0 radical (unpaired) electrons. The van der Waals surface area contributed by atoms with Crippen LogP contribution in [-0.4, -0.2) is 23.2 Å². The summed E-state index contributed by atoms with van der Waals surface area (Å²) >= 11 is 0. The van der Waals surface area contributed by atoms with Crippen LogP contribution in [0.25, 0.3) is 0 Å². The average Bonchev–Trinajstić information content (AvgIpc) is 2.65. The Hall–Kier alpha value is -1.39. The van der Waals surface area contributed by atoms with Crippen molar-refractivity contribution in [3.63, 3.8) is 0 Å². The van der Waals surface area contributed by atoms with E-state index in [9.17, 15) is 9.90 Å². The fourth-order valence-electron chi connectivity index (χ4n) is 2.19. The first-order valence-corrected chi connectivity index (χ1v) is 5.95. The number of aliphatic hydroxyl groups is 1. The molecule has 0 saturated heterocycles. The van der Waals surface area contributed by atoms with Crippen LogP contribution in [0.15, 0.2) is 24.3 Å². The molecular weight excluding hydrogens is 216 g/mol. The van der Waals surface area contributed by atoms with Gasteiger partial charge >= 0.3 is 0 Å². The summed E-state index contributed by atoms with van der Waals surface area (Å²) in [4.78, 5) is 11.7. The molecule has 0 unspecified atom stereocenters. The van der Waals surface area contributed by atoms with Gasteiger partial charge in [0.05, 0.1) is 18.2 Å². The number of amides is 1. The van der Waals surface area contributed by atoms with Crippen molar-refractivity contribution in [2.24, 2.45) is 5.73 Å². The van der Waals surface area contributed by atoms with Gasteiger partial charge in [0, 0.05) is 6.42 Å². The highest BCUT2D eigenvalue weighted by atomic mass is 16.3. The largest absolute Gasteiger partial charge is 0.390 e. The molecule has 1 aliphatic carbocycles. The van der Waals surface area contributed by atoms with Gasteiger partial charge in [0.2, 0.25) is 5.91 Å². The first-order chi connectivity index (χ1) is 8.13. The van der Waals surface area contributed by atoms with Crippen molar-refractivity contribution in [2.45, 2.75) is 38.0 Å². The van der Waals surface area contributed by atoms with Crippen molar-refractivity contribution in [1.82, 2.24) is 5.32 Å². The second-order valence-electron chi connectivity index (χ2n) is 4.47. The predicted molar refractivity (Wildman–Crippen MR) is 65.3 cm³/mol. The Bertz CT molecular complexity index is 420. The third-order valence-corrected chi connectivity index (χ3v) is 3.28. The summed E-state index contributed by atoms with van der Waals surface area (Å²) in [6.45, 7) is 1.86. The maximum absolute atomic E-state index is 11.7. The summed E-state index contributed by atoms with van der Waals surface area (Å²) in [5, 5.41) is 12.8. The summed E-state index contributed by atoms with van der Waals surface area (Å²) in [7, 11) is 0.